The number of hydrogen-bond donors (Lipinski definition) is 2. The second-order valence-corrected chi connectivity index (χ2v) is 4.78. The van der Waals surface area contributed by atoms with Crippen molar-refractivity contribution in [2.24, 2.45) is 11.3 Å². The van der Waals surface area contributed by atoms with Crippen LogP contribution in [0.2, 0.25) is 0 Å². The van der Waals surface area contributed by atoms with E-state index in [4.69, 9.17) is 0 Å². The van der Waals surface area contributed by atoms with E-state index in [2.05, 4.69) is 15.4 Å². The average molecular weight is 228 g/mol. The number of carbonyl (C=O) groups excluding carboxylic acids is 2. The Bertz CT molecular complexity index is 270. The van der Waals surface area contributed by atoms with Crippen LogP contribution in [-0.4, -0.2) is 38.6 Å². The van der Waals surface area contributed by atoms with E-state index in [0.29, 0.717) is 6.54 Å². The van der Waals surface area contributed by atoms with Crippen LogP contribution in [0.1, 0.15) is 20.3 Å². The fraction of sp³-hybridized carbons (Fsp3) is 0.818. The van der Waals surface area contributed by atoms with Crippen LogP contribution in [-0.2, 0) is 14.3 Å². The Morgan fingerprint density at radius 2 is 2.19 bits per heavy atom. The van der Waals surface area contributed by atoms with Crippen LogP contribution in [0.15, 0.2) is 0 Å². The first-order chi connectivity index (χ1) is 7.47. The molecule has 0 radical (unpaired) electrons. The van der Waals surface area contributed by atoms with Gasteiger partial charge >= 0.3 is 5.97 Å². The Morgan fingerprint density at radius 1 is 1.50 bits per heavy atom. The van der Waals surface area contributed by atoms with Crippen LogP contribution in [0, 0.1) is 11.3 Å². The van der Waals surface area contributed by atoms with Crippen LogP contribution in [0.5, 0.6) is 0 Å². The van der Waals surface area contributed by atoms with Gasteiger partial charge in [0.15, 0.2) is 0 Å². The fourth-order valence-corrected chi connectivity index (χ4v) is 1.68. The van der Waals surface area contributed by atoms with Gasteiger partial charge in [-0.05, 0) is 26.8 Å². The summed E-state index contributed by atoms with van der Waals surface area (Å²) < 4.78 is 4.67. The van der Waals surface area contributed by atoms with Crippen molar-refractivity contribution >= 4 is 11.9 Å². The summed E-state index contributed by atoms with van der Waals surface area (Å²) in [5, 5.41) is 5.93. The summed E-state index contributed by atoms with van der Waals surface area (Å²) >= 11 is 0. The van der Waals surface area contributed by atoms with E-state index in [-0.39, 0.29) is 17.8 Å². The molecule has 16 heavy (non-hydrogen) atoms. The lowest BCUT2D eigenvalue weighted by Gasteiger charge is -2.22. The van der Waals surface area contributed by atoms with Crippen molar-refractivity contribution in [2.75, 3.05) is 26.7 Å². The van der Waals surface area contributed by atoms with Gasteiger partial charge in [0.1, 0.15) is 0 Å². The van der Waals surface area contributed by atoms with Gasteiger partial charge in [-0.1, -0.05) is 0 Å². The quantitative estimate of drug-likeness (QED) is 0.660. The van der Waals surface area contributed by atoms with Crippen molar-refractivity contribution < 1.29 is 14.3 Å². The molecular weight excluding hydrogens is 208 g/mol. The zero-order valence-corrected chi connectivity index (χ0v) is 10.1. The van der Waals surface area contributed by atoms with Crippen molar-refractivity contribution in [1.82, 2.24) is 10.6 Å². The van der Waals surface area contributed by atoms with Crippen LogP contribution in [0.3, 0.4) is 0 Å². The minimum atomic E-state index is -0.670. The molecule has 0 aromatic rings. The third-order valence-corrected chi connectivity index (χ3v) is 2.87. The molecule has 0 bridgehead atoms. The summed E-state index contributed by atoms with van der Waals surface area (Å²) in [6.07, 6.45) is 0.866. The number of methoxy groups -OCH3 is 1. The number of esters is 1. The van der Waals surface area contributed by atoms with E-state index >= 15 is 0 Å². The van der Waals surface area contributed by atoms with E-state index < -0.39 is 5.41 Å². The van der Waals surface area contributed by atoms with E-state index in [1.807, 2.05) is 0 Å². The van der Waals surface area contributed by atoms with Crippen LogP contribution >= 0.6 is 0 Å². The second kappa shape index (κ2) is 5.30. The van der Waals surface area contributed by atoms with Crippen molar-refractivity contribution in [2.45, 2.75) is 20.3 Å². The lowest BCUT2D eigenvalue weighted by atomic mass is 9.93. The molecule has 1 atom stereocenters. The Hall–Kier alpha value is -1.10. The molecule has 1 unspecified atom stereocenters. The van der Waals surface area contributed by atoms with Gasteiger partial charge in [0.05, 0.1) is 18.4 Å². The SMILES string of the molecule is COC(=O)C(C)(C)CNC(=O)C1CCNC1. The summed E-state index contributed by atoms with van der Waals surface area (Å²) in [5.74, 6) is -0.257. The molecule has 1 amide bonds. The van der Waals surface area contributed by atoms with Gasteiger partial charge in [0.2, 0.25) is 5.91 Å². The van der Waals surface area contributed by atoms with Crippen LogP contribution in [0.4, 0.5) is 0 Å². The van der Waals surface area contributed by atoms with Gasteiger partial charge in [0.25, 0.3) is 0 Å². The highest BCUT2D eigenvalue weighted by molar-refractivity contribution is 5.81. The molecule has 1 rings (SSSR count). The first-order valence-corrected chi connectivity index (χ1v) is 5.54. The second-order valence-electron chi connectivity index (χ2n) is 4.78. The van der Waals surface area contributed by atoms with E-state index in [9.17, 15) is 9.59 Å². The van der Waals surface area contributed by atoms with Crippen LogP contribution in [0.25, 0.3) is 0 Å². The molecule has 0 aromatic heterocycles. The largest absolute Gasteiger partial charge is 0.469 e. The molecular formula is C11H20N2O3. The van der Waals surface area contributed by atoms with E-state index in [1.54, 1.807) is 13.8 Å². The number of nitrogens with one attached hydrogen (secondary N) is 2. The standard InChI is InChI=1S/C11H20N2O3/c1-11(2,10(15)16-3)7-13-9(14)8-4-5-12-6-8/h8,12H,4-7H2,1-3H3,(H,13,14). The van der Waals surface area contributed by atoms with Crippen LogP contribution < -0.4 is 10.6 Å². The molecule has 1 fully saturated rings. The van der Waals surface area contributed by atoms with Crippen molar-refractivity contribution in [3.8, 4) is 0 Å². The summed E-state index contributed by atoms with van der Waals surface area (Å²) in [5.41, 5.74) is -0.670. The van der Waals surface area contributed by atoms with Gasteiger partial charge in [-0.3, -0.25) is 9.59 Å². The summed E-state index contributed by atoms with van der Waals surface area (Å²) in [7, 11) is 1.35. The zero-order valence-electron chi connectivity index (χ0n) is 10.1. The molecule has 1 heterocycles. The minimum absolute atomic E-state index is 0.0157. The topological polar surface area (TPSA) is 67.4 Å². The highest BCUT2D eigenvalue weighted by atomic mass is 16.5. The Kier molecular flexibility index (Phi) is 4.29. The molecule has 0 aromatic carbocycles. The Labute approximate surface area is 95.9 Å². The average Bonchev–Trinajstić information content (AvgIpc) is 2.78. The molecule has 0 spiro atoms. The number of ether oxygens (including phenoxy) is 1. The van der Waals surface area contributed by atoms with Crippen molar-refractivity contribution in [1.29, 1.82) is 0 Å². The van der Waals surface area contributed by atoms with E-state index in [0.717, 1.165) is 19.5 Å². The smallest absolute Gasteiger partial charge is 0.313 e. The molecule has 2 N–H and O–H groups in total. The summed E-state index contributed by atoms with van der Waals surface area (Å²) in [6.45, 7) is 5.44. The summed E-state index contributed by atoms with van der Waals surface area (Å²) in [4.78, 5) is 23.1. The minimum Gasteiger partial charge on any atom is -0.469 e. The third kappa shape index (κ3) is 3.20. The zero-order chi connectivity index (χ0) is 12.2. The predicted octanol–water partition coefficient (Wildman–Crippen LogP) is -0.0887. The molecule has 5 nitrogen and oxygen atoms in total. The van der Waals surface area contributed by atoms with Gasteiger partial charge in [0, 0.05) is 13.1 Å². The normalized spacial score (nSPS) is 20.6. The maximum Gasteiger partial charge on any atom is 0.313 e. The highest BCUT2D eigenvalue weighted by Gasteiger charge is 2.30. The number of amides is 1. The van der Waals surface area contributed by atoms with Gasteiger partial charge in [-0.15, -0.1) is 0 Å². The Morgan fingerprint density at radius 3 is 2.69 bits per heavy atom. The van der Waals surface area contributed by atoms with E-state index in [1.165, 1.54) is 7.11 Å². The maximum absolute atomic E-state index is 11.7. The molecule has 92 valence electrons. The molecule has 1 saturated heterocycles. The molecule has 0 saturated carbocycles. The third-order valence-electron chi connectivity index (χ3n) is 2.87. The fourth-order valence-electron chi connectivity index (χ4n) is 1.68. The highest BCUT2D eigenvalue weighted by Crippen LogP contribution is 2.16. The monoisotopic (exact) mass is 228 g/mol. The number of carbonyl (C=O) groups is 2. The van der Waals surface area contributed by atoms with Crippen molar-refractivity contribution in [3.05, 3.63) is 0 Å². The first-order valence-electron chi connectivity index (χ1n) is 5.54. The van der Waals surface area contributed by atoms with Gasteiger partial charge < -0.3 is 15.4 Å². The molecule has 5 heteroatoms. The van der Waals surface area contributed by atoms with Gasteiger partial charge in [-0.25, -0.2) is 0 Å². The predicted molar refractivity (Wildman–Crippen MR) is 59.8 cm³/mol. The summed E-state index contributed by atoms with van der Waals surface area (Å²) in [6, 6.07) is 0. The maximum atomic E-state index is 11.7. The Balaban J connectivity index is 2.38. The first kappa shape index (κ1) is 13.0. The van der Waals surface area contributed by atoms with Gasteiger partial charge in [-0.2, -0.15) is 0 Å². The number of rotatable bonds is 4. The molecule has 1 aliphatic heterocycles. The molecule has 1 aliphatic rings. The number of hydrogen-bond acceptors (Lipinski definition) is 4. The molecule has 0 aliphatic carbocycles. The lowest BCUT2D eigenvalue weighted by Crippen LogP contribution is -2.42. The van der Waals surface area contributed by atoms with Crippen molar-refractivity contribution in [3.63, 3.8) is 0 Å². The lowest BCUT2D eigenvalue weighted by molar-refractivity contribution is -0.150.